The van der Waals surface area contributed by atoms with Crippen LogP contribution in [-0.2, 0) is 23.9 Å². The van der Waals surface area contributed by atoms with Gasteiger partial charge in [-0.2, -0.15) is 0 Å². The molecule has 1 unspecified atom stereocenters. The van der Waals surface area contributed by atoms with E-state index in [0.717, 1.165) is 24.6 Å². The van der Waals surface area contributed by atoms with Crippen molar-refractivity contribution in [2.24, 2.45) is 34.0 Å². The fourth-order valence-electron chi connectivity index (χ4n) is 8.17. The molecule has 0 aliphatic heterocycles. The molecule has 0 spiro atoms. The van der Waals surface area contributed by atoms with E-state index in [4.69, 9.17) is 9.84 Å². The van der Waals surface area contributed by atoms with E-state index in [2.05, 4.69) is 24.1 Å². The number of Topliss-reactive ketones (excluding diaryl/α,β-unsaturated/α-hetero) is 1. The molecule has 5 N–H and O–H groups in total. The third-order valence-electron chi connectivity index (χ3n) is 11.0. The molecule has 4 rings (SSSR count). The highest BCUT2D eigenvalue weighted by molar-refractivity contribution is 8.00. The third-order valence-corrected chi connectivity index (χ3v) is 12.0. The Morgan fingerprint density at radius 1 is 1.11 bits per heavy atom. The second kappa shape index (κ2) is 12.3. The zero-order chi connectivity index (χ0) is 32.8. The number of ether oxygens (including phenoxy) is 1. The summed E-state index contributed by atoms with van der Waals surface area (Å²) in [4.78, 5) is 73.4. The van der Waals surface area contributed by atoms with Gasteiger partial charge in [-0.3, -0.25) is 24.0 Å². The standard InChI is InChI=1S/C31H42N2O10S/c1-6-29(4)11-19(30(5)15(2)7-9-31(16(3)27(29)40)10-8-18(34)26(30)31)43-21(37)14-44-13-17(28(41)42)33-23-22(24(38)25(23)39)32-12-20(35)36/h6,15-17,19,26-27,32-33,40H,1,7-14H2,2-5H3,(H,35,36)(H,41,42)/t15-,16+,17?,19-,26+,27+,29-,30+,31+/m1/s1. The average Bonchev–Trinajstić information content (AvgIpc) is 3.33. The molecule has 3 aliphatic rings. The molecule has 9 atom stereocenters. The molecule has 1 aromatic carbocycles. The van der Waals surface area contributed by atoms with E-state index in [0.29, 0.717) is 12.8 Å². The van der Waals surface area contributed by atoms with Gasteiger partial charge in [-0.1, -0.05) is 33.8 Å². The lowest BCUT2D eigenvalue weighted by molar-refractivity contribution is -0.205. The first kappa shape index (κ1) is 33.7. The number of ketones is 1. The van der Waals surface area contributed by atoms with Gasteiger partial charge in [-0.15, -0.1) is 18.3 Å². The summed E-state index contributed by atoms with van der Waals surface area (Å²) in [5.41, 5.74) is -4.41. The minimum absolute atomic E-state index is 0.0603. The summed E-state index contributed by atoms with van der Waals surface area (Å²) in [5.74, 6) is -3.95. The second-order valence-corrected chi connectivity index (χ2v) is 14.3. The van der Waals surface area contributed by atoms with Crippen LogP contribution in [0.25, 0.3) is 0 Å². The number of carboxylic acid groups (broad SMARTS) is 2. The van der Waals surface area contributed by atoms with Gasteiger partial charge in [-0.05, 0) is 42.9 Å². The Balaban J connectivity index is 1.51. The number of aliphatic hydroxyl groups is 1. The molecule has 0 radical (unpaired) electrons. The minimum Gasteiger partial charge on any atom is -0.480 e. The quantitative estimate of drug-likeness (QED) is 0.128. The molecule has 13 heteroatoms. The fourth-order valence-corrected chi connectivity index (χ4v) is 8.98. The summed E-state index contributed by atoms with van der Waals surface area (Å²) in [6, 6.07) is -1.36. The van der Waals surface area contributed by atoms with E-state index >= 15 is 0 Å². The van der Waals surface area contributed by atoms with Gasteiger partial charge >= 0.3 is 17.9 Å². The Bertz CT molecular complexity index is 1420. The monoisotopic (exact) mass is 634 g/mol. The largest absolute Gasteiger partial charge is 0.480 e. The van der Waals surface area contributed by atoms with E-state index in [1.165, 1.54) is 0 Å². The van der Waals surface area contributed by atoms with E-state index in [1.54, 1.807) is 6.08 Å². The Labute approximate surface area is 259 Å². The van der Waals surface area contributed by atoms with Gasteiger partial charge in [0.1, 0.15) is 35.8 Å². The maximum atomic E-state index is 13.5. The number of esters is 1. The Morgan fingerprint density at radius 2 is 1.77 bits per heavy atom. The summed E-state index contributed by atoms with van der Waals surface area (Å²) in [5, 5.41) is 35.0. The molecule has 3 saturated carbocycles. The average molecular weight is 635 g/mol. The van der Waals surface area contributed by atoms with Crippen molar-refractivity contribution in [1.29, 1.82) is 0 Å². The van der Waals surface area contributed by atoms with E-state index in [9.17, 15) is 39.0 Å². The van der Waals surface area contributed by atoms with Crippen LogP contribution in [0, 0.1) is 34.0 Å². The van der Waals surface area contributed by atoms with E-state index < -0.39 is 69.8 Å². The third kappa shape index (κ3) is 5.57. The van der Waals surface area contributed by atoms with Crippen LogP contribution in [0.1, 0.15) is 59.8 Å². The van der Waals surface area contributed by atoms with Crippen LogP contribution < -0.4 is 21.5 Å². The summed E-state index contributed by atoms with van der Waals surface area (Å²) in [6.07, 6.45) is 3.23. The lowest BCUT2D eigenvalue weighted by Crippen LogP contribution is -2.63. The number of aliphatic carboxylic acids is 2. The highest BCUT2D eigenvalue weighted by Gasteiger charge is 2.68. The van der Waals surface area contributed by atoms with Crippen molar-refractivity contribution in [3.05, 3.63) is 33.1 Å². The highest BCUT2D eigenvalue weighted by Crippen LogP contribution is 2.68. The van der Waals surface area contributed by atoms with Crippen LogP contribution in [0.3, 0.4) is 0 Å². The van der Waals surface area contributed by atoms with Crippen LogP contribution >= 0.6 is 11.8 Å². The van der Waals surface area contributed by atoms with Crippen molar-refractivity contribution in [2.75, 3.05) is 28.7 Å². The number of carboxylic acids is 2. The van der Waals surface area contributed by atoms with Gasteiger partial charge in [0.15, 0.2) is 0 Å². The number of rotatable bonds is 12. The van der Waals surface area contributed by atoms with Crippen molar-refractivity contribution in [1.82, 2.24) is 0 Å². The molecule has 12 nitrogen and oxygen atoms in total. The first-order valence-electron chi connectivity index (χ1n) is 14.9. The van der Waals surface area contributed by atoms with Crippen molar-refractivity contribution in [2.45, 2.75) is 78.0 Å². The summed E-state index contributed by atoms with van der Waals surface area (Å²) in [7, 11) is 0. The maximum absolute atomic E-state index is 13.5. The Kier molecular flexibility index (Phi) is 9.42. The predicted octanol–water partition coefficient (Wildman–Crippen LogP) is 2.28. The van der Waals surface area contributed by atoms with Crippen LogP contribution in [0.5, 0.6) is 0 Å². The summed E-state index contributed by atoms with van der Waals surface area (Å²) in [6.45, 7) is 11.4. The number of hydrogen-bond donors (Lipinski definition) is 5. The molecule has 2 bridgehead atoms. The number of carbonyl (C=O) groups is 4. The normalized spacial score (nSPS) is 35.6. The van der Waals surface area contributed by atoms with Crippen molar-refractivity contribution >= 4 is 46.8 Å². The number of thioether (sulfide) groups is 1. The number of aliphatic hydroxyl groups excluding tert-OH is 1. The second-order valence-electron chi connectivity index (χ2n) is 13.3. The van der Waals surface area contributed by atoms with Crippen molar-refractivity contribution in [3.8, 4) is 0 Å². The zero-order valence-electron chi connectivity index (χ0n) is 25.5. The molecular formula is C31H42N2O10S. The summed E-state index contributed by atoms with van der Waals surface area (Å²) < 4.78 is 6.17. The molecule has 0 aromatic heterocycles. The molecular weight excluding hydrogens is 592 g/mol. The SMILES string of the molecule is C=C[C@]1(C)C[C@@H](OC(=O)CSCC(Nc2c(NCC(=O)O)c(=O)c2=O)C(=O)O)[C@]2(C)[C@H](C)CC[C@]3(CCC(=O)[C@H]32)[C@@H](C)[C@@H]1O. The smallest absolute Gasteiger partial charge is 0.326 e. The van der Waals surface area contributed by atoms with Gasteiger partial charge in [0, 0.05) is 28.9 Å². The van der Waals surface area contributed by atoms with Crippen LogP contribution in [-0.4, -0.2) is 75.3 Å². The molecule has 242 valence electrons. The first-order valence-corrected chi connectivity index (χ1v) is 16.1. The van der Waals surface area contributed by atoms with E-state index in [-0.39, 0.29) is 52.8 Å². The van der Waals surface area contributed by atoms with Gasteiger partial charge in [-0.25, -0.2) is 4.79 Å². The molecule has 3 fully saturated rings. The van der Waals surface area contributed by atoms with Gasteiger partial charge < -0.3 is 30.7 Å². The zero-order valence-corrected chi connectivity index (χ0v) is 26.3. The van der Waals surface area contributed by atoms with Crippen LogP contribution in [0.15, 0.2) is 22.2 Å². The van der Waals surface area contributed by atoms with Gasteiger partial charge in [0.2, 0.25) is 0 Å². The van der Waals surface area contributed by atoms with Crippen LogP contribution in [0.2, 0.25) is 0 Å². The first-order chi connectivity index (χ1) is 20.5. The van der Waals surface area contributed by atoms with Gasteiger partial charge in [0.05, 0.1) is 11.9 Å². The minimum atomic E-state index is -1.36. The molecule has 44 heavy (non-hydrogen) atoms. The number of anilines is 2. The molecule has 1 aromatic rings. The topological polar surface area (TPSA) is 196 Å². The lowest BCUT2D eigenvalue weighted by atomic mass is 9.44. The van der Waals surface area contributed by atoms with Crippen molar-refractivity contribution in [3.63, 3.8) is 0 Å². The Morgan fingerprint density at radius 3 is 2.39 bits per heavy atom. The molecule has 0 saturated heterocycles. The fraction of sp³-hybridized carbons (Fsp3) is 0.677. The van der Waals surface area contributed by atoms with Gasteiger partial charge in [0.25, 0.3) is 10.9 Å². The summed E-state index contributed by atoms with van der Waals surface area (Å²) >= 11 is 0.954. The Hall–Kier alpha value is -3.19. The molecule has 0 amide bonds. The van der Waals surface area contributed by atoms with Crippen LogP contribution in [0.4, 0.5) is 11.4 Å². The number of nitrogens with one attached hydrogen (secondary N) is 2. The number of hydrogen-bond acceptors (Lipinski definition) is 11. The molecule has 3 aliphatic carbocycles. The van der Waals surface area contributed by atoms with Crippen molar-refractivity contribution < 1.29 is 39.2 Å². The predicted molar refractivity (Wildman–Crippen MR) is 164 cm³/mol. The maximum Gasteiger partial charge on any atom is 0.326 e. The highest BCUT2D eigenvalue weighted by atomic mass is 32.2. The number of carbonyl (C=O) groups excluding carboxylic acids is 2. The van der Waals surface area contributed by atoms with E-state index in [1.807, 2.05) is 20.8 Å². The molecule has 0 heterocycles. The lowest BCUT2D eigenvalue weighted by Gasteiger charge is -2.61.